The molecular formula is C16H17N3O. The van der Waals surface area contributed by atoms with Gasteiger partial charge in [0.1, 0.15) is 11.5 Å². The molecule has 3 rings (SSSR count). The predicted octanol–water partition coefficient (Wildman–Crippen LogP) is 2.29. The van der Waals surface area contributed by atoms with Crippen LogP contribution >= 0.6 is 0 Å². The van der Waals surface area contributed by atoms with Crippen molar-refractivity contribution in [1.29, 1.82) is 0 Å². The molecule has 4 nitrogen and oxygen atoms in total. The quantitative estimate of drug-likeness (QED) is 0.908. The molecule has 1 amide bonds. The first-order chi connectivity index (χ1) is 9.74. The minimum Gasteiger partial charge on any atom is -0.384 e. The summed E-state index contributed by atoms with van der Waals surface area (Å²) in [5, 5.41) is 0. The summed E-state index contributed by atoms with van der Waals surface area (Å²) in [6.07, 6.45) is 0.998. The van der Waals surface area contributed by atoms with Gasteiger partial charge in [-0.25, -0.2) is 4.98 Å². The highest BCUT2D eigenvalue weighted by Gasteiger charge is 2.28. The van der Waals surface area contributed by atoms with Gasteiger partial charge in [-0.15, -0.1) is 0 Å². The number of carbonyl (C=O) groups is 1. The van der Waals surface area contributed by atoms with Crippen molar-refractivity contribution in [2.75, 3.05) is 18.8 Å². The number of anilines is 1. The van der Waals surface area contributed by atoms with Gasteiger partial charge in [0.25, 0.3) is 5.91 Å². The first-order valence-corrected chi connectivity index (χ1v) is 6.81. The molecule has 1 unspecified atom stereocenters. The van der Waals surface area contributed by atoms with Gasteiger partial charge in [0.15, 0.2) is 0 Å². The topological polar surface area (TPSA) is 59.2 Å². The Morgan fingerprint density at radius 3 is 2.70 bits per heavy atom. The lowest BCUT2D eigenvalue weighted by Crippen LogP contribution is -2.29. The monoisotopic (exact) mass is 267 g/mol. The highest BCUT2D eigenvalue weighted by atomic mass is 16.2. The summed E-state index contributed by atoms with van der Waals surface area (Å²) >= 11 is 0. The van der Waals surface area contributed by atoms with Gasteiger partial charge >= 0.3 is 0 Å². The molecule has 2 N–H and O–H groups in total. The van der Waals surface area contributed by atoms with Crippen molar-refractivity contribution < 1.29 is 4.79 Å². The Balaban J connectivity index is 1.73. The molecule has 1 aromatic heterocycles. The van der Waals surface area contributed by atoms with Crippen LogP contribution in [0.3, 0.4) is 0 Å². The van der Waals surface area contributed by atoms with Gasteiger partial charge in [-0.05, 0) is 24.1 Å². The van der Waals surface area contributed by atoms with Crippen molar-refractivity contribution in [2.24, 2.45) is 0 Å². The molecule has 1 atom stereocenters. The minimum absolute atomic E-state index is 0.0317. The molecular weight excluding hydrogens is 250 g/mol. The molecule has 4 heteroatoms. The number of aromatic nitrogens is 1. The van der Waals surface area contributed by atoms with Gasteiger partial charge in [0, 0.05) is 19.0 Å². The van der Waals surface area contributed by atoms with Gasteiger partial charge in [0.05, 0.1) is 0 Å². The molecule has 1 aliphatic rings. The smallest absolute Gasteiger partial charge is 0.272 e. The van der Waals surface area contributed by atoms with Crippen LogP contribution in [0.1, 0.15) is 28.4 Å². The van der Waals surface area contributed by atoms with Gasteiger partial charge in [-0.1, -0.05) is 36.4 Å². The first kappa shape index (κ1) is 12.7. The molecule has 0 saturated carbocycles. The van der Waals surface area contributed by atoms with Gasteiger partial charge in [0.2, 0.25) is 0 Å². The molecule has 20 heavy (non-hydrogen) atoms. The first-order valence-electron chi connectivity index (χ1n) is 6.81. The van der Waals surface area contributed by atoms with E-state index in [-0.39, 0.29) is 5.91 Å². The summed E-state index contributed by atoms with van der Waals surface area (Å²) in [5.74, 6) is 0.770. The van der Waals surface area contributed by atoms with E-state index >= 15 is 0 Å². The maximum Gasteiger partial charge on any atom is 0.272 e. The zero-order valence-electron chi connectivity index (χ0n) is 11.2. The van der Waals surface area contributed by atoms with Crippen LogP contribution in [0.25, 0.3) is 0 Å². The number of rotatable bonds is 2. The highest BCUT2D eigenvalue weighted by molar-refractivity contribution is 5.92. The molecule has 0 radical (unpaired) electrons. The summed E-state index contributed by atoms with van der Waals surface area (Å²) in [5.41, 5.74) is 7.36. The standard InChI is InChI=1S/C16H17N3O/c17-15-8-4-7-14(18-15)16(20)19-10-9-13(11-19)12-5-2-1-3-6-12/h1-8,13H,9-11H2,(H2,17,18). The van der Waals surface area contributed by atoms with E-state index in [1.54, 1.807) is 18.2 Å². The minimum atomic E-state index is -0.0317. The van der Waals surface area contributed by atoms with E-state index in [1.165, 1.54) is 5.56 Å². The van der Waals surface area contributed by atoms with Crippen LogP contribution in [0.4, 0.5) is 5.82 Å². The van der Waals surface area contributed by atoms with Gasteiger partial charge in [-0.3, -0.25) is 4.79 Å². The van der Waals surface area contributed by atoms with Crippen molar-refractivity contribution in [3.8, 4) is 0 Å². The lowest BCUT2D eigenvalue weighted by atomic mass is 9.99. The molecule has 2 aromatic rings. The Bertz CT molecular complexity index is 612. The third kappa shape index (κ3) is 2.50. The van der Waals surface area contributed by atoms with E-state index in [4.69, 9.17) is 5.73 Å². The molecule has 1 saturated heterocycles. The van der Waals surface area contributed by atoms with Crippen LogP contribution in [0.15, 0.2) is 48.5 Å². The molecule has 1 aromatic carbocycles. The van der Waals surface area contributed by atoms with Gasteiger partial charge in [-0.2, -0.15) is 0 Å². The zero-order chi connectivity index (χ0) is 13.9. The molecule has 0 bridgehead atoms. The molecule has 102 valence electrons. The third-order valence-corrected chi connectivity index (χ3v) is 3.74. The Kier molecular flexibility index (Phi) is 3.37. The van der Waals surface area contributed by atoms with Crippen molar-refractivity contribution in [2.45, 2.75) is 12.3 Å². The molecule has 1 aliphatic heterocycles. The number of nitrogens with zero attached hydrogens (tertiary/aromatic N) is 2. The van der Waals surface area contributed by atoms with Crippen molar-refractivity contribution >= 4 is 11.7 Å². The average Bonchev–Trinajstić information content (AvgIpc) is 2.97. The number of pyridine rings is 1. The number of likely N-dealkylation sites (tertiary alicyclic amines) is 1. The highest BCUT2D eigenvalue weighted by Crippen LogP contribution is 2.27. The van der Waals surface area contributed by atoms with Crippen LogP contribution in [0.2, 0.25) is 0 Å². The fourth-order valence-electron chi connectivity index (χ4n) is 2.67. The lowest BCUT2D eigenvalue weighted by Gasteiger charge is -2.16. The van der Waals surface area contributed by atoms with Crippen LogP contribution in [-0.4, -0.2) is 28.9 Å². The Morgan fingerprint density at radius 2 is 1.95 bits per heavy atom. The van der Waals surface area contributed by atoms with Crippen molar-refractivity contribution in [3.63, 3.8) is 0 Å². The largest absolute Gasteiger partial charge is 0.384 e. The number of carbonyl (C=O) groups excluding carboxylic acids is 1. The molecule has 0 aliphatic carbocycles. The van der Waals surface area contributed by atoms with E-state index in [0.717, 1.165) is 19.5 Å². The Labute approximate surface area is 118 Å². The normalized spacial score (nSPS) is 18.2. The summed E-state index contributed by atoms with van der Waals surface area (Å²) in [7, 11) is 0. The fourth-order valence-corrected chi connectivity index (χ4v) is 2.67. The van der Waals surface area contributed by atoms with Crippen molar-refractivity contribution in [1.82, 2.24) is 9.88 Å². The predicted molar refractivity (Wildman–Crippen MR) is 78.4 cm³/mol. The Hall–Kier alpha value is -2.36. The molecule has 1 fully saturated rings. The number of hydrogen-bond acceptors (Lipinski definition) is 3. The lowest BCUT2D eigenvalue weighted by molar-refractivity contribution is 0.0785. The molecule has 0 spiro atoms. The summed E-state index contributed by atoms with van der Waals surface area (Å²) in [4.78, 5) is 18.3. The van der Waals surface area contributed by atoms with Crippen LogP contribution in [0, 0.1) is 0 Å². The van der Waals surface area contributed by atoms with E-state index in [9.17, 15) is 4.79 Å². The number of hydrogen-bond donors (Lipinski definition) is 1. The second-order valence-electron chi connectivity index (χ2n) is 5.10. The average molecular weight is 267 g/mol. The van der Waals surface area contributed by atoms with Crippen LogP contribution < -0.4 is 5.73 Å². The Morgan fingerprint density at radius 1 is 1.15 bits per heavy atom. The maximum atomic E-state index is 12.4. The molecule has 2 heterocycles. The number of benzene rings is 1. The summed E-state index contributed by atoms with van der Waals surface area (Å²) in [6.45, 7) is 1.52. The fraction of sp³-hybridized carbons (Fsp3) is 0.250. The number of amides is 1. The zero-order valence-corrected chi connectivity index (χ0v) is 11.2. The van der Waals surface area contributed by atoms with Gasteiger partial charge < -0.3 is 10.6 Å². The van der Waals surface area contributed by atoms with E-state index < -0.39 is 0 Å². The number of nitrogen functional groups attached to an aromatic ring is 1. The second-order valence-corrected chi connectivity index (χ2v) is 5.10. The SMILES string of the molecule is Nc1cccc(C(=O)N2CCC(c3ccccc3)C2)n1. The maximum absolute atomic E-state index is 12.4. The third-order valence-electron chi connectivity index (χ3n) is 3.74. The van der Waals surface area contributed by atoms with E-state index in [2.05, 4.69) is 17.1 Å². The van der Waals surface area contributed by atoms with Crippen molar-refractivity contribution in [3.05, 3.63) is 59.8 Å². The second kappa shape index (κ2) is 5.33. The number of nitrogens with two attached hydrogens (primary N) is 1. The van der Waals surface area contributed by atoms with Crippen LogP contribution in [-0.2, 0) is 0 Å². The van der Waals surface area contributed by atoms with E-state index in [1.807, 2.05) is 23.1 Å². The van der Waals surface area contributed by atoms with E-state index in [0.29, 0.717) is 17.4 Å². The summed E-state index contributed by atoms with van der Waals surface area (Å²) < 4.78 is 0. The van der Waals surface area contributed by atoms with Crippen LogP contribution in [0.5, 0.6) is 0 Å². The summed E-state index contributed by atoms with van der Waals surface area (Å²) in [6, 6.07) is 15.5.